The van der Waals surface area contributed by atoms with Crippen molar-refractivity contribution in [3.63, 3.8) is 0 Å². The van der Waals surface area contributed by atoms with Gasteiger partial charge in [-0.25, -0.2) is 4.79 Å². The normalized spacial score (nSPS) is 35.5. The van der Waals surface area contributed by atoms with Crippen LogP contribution in [0.15, 0.2) is 11.8 Å². The Morgan fingerprint density at radius 1 is 1.47 bits per heavy atom. The maximum atomic E-state index is 11.5. The molecule has 0 amide bonds. The highest BCUT2D eigenvalue weighted by molar-refractivity contribution is 5.89. The van der Waals surface area contributed by atoms with Crippen LogP contribution < -0.4 is 0 Å². The van der Waals surface area contributed by atoms with Gasteiger partial charge in [-0.1, -0.05) is 0 Å². The van der Waals surface area contributed by atoms with Crippen LogP contribution in [0.25, 0.3) is 0 Å². The maximum absolute atomic E-state index is 11.5. The van der Waals surface area contributed by atoms with E-state index in [2.05, 4.69) is 4.74 Å². The Morgan fingerprint density at radius 2 is 2.18 bits per heavy atom. The zero-order valence-corrected chi connectivity index (χ0v) is 9.33. The van der Waals surface area contributed by atoms with Crippen molar-refractivity contribution in [2.24, 2.45) is 17.8 Å². The van der Waals surface area contributed by atoms with Crippen LogP contribution in [-0.4, -0.2) is 35.6 Å². The average molecular weight is 242 g/mol. The predicted molar refractivity (Wildman–Crippen MR) is 54.5 cm³/mol. The molecule has 6 heteroatoms. The van der Waals surface area contributed by atoms with E-state index >= 15 is 0 Å². The first-order valence-electron chi connectivity index (χ1n) is 5.41. The summed E-state index contributed by atoms with van der Waals surface area (Å²) in [6, 6.07) is 0. The lowest BCUT2D eigenvalue weighted by molar-refractivity contribution is -0.160. The Kier molecular flexibility index (Phi) is 3.06. The van der Waals surface area contributed by atoms with Gasteiger partial charge < -0.3 is 19.7 Å². The number of methoxy groups -OCH3 is 1. The quantitative estimate of drug-likeness (QED) is 0.668. The second-order valence-electron chi connectivity index (χ2n) is 4.30. The molecule has 0 radical (unpaired) electrons. The van der Waals surface area contributed by atoms with Crippen LogP contribution in [0.4, 0.5) is 0 Å². The third kappa shape index (κ3) is 1.88. The van der Waals surface area contributed by atoms with E-state index in [4.69, 9.17) is 9.84 Å². The summed E-state index contributed by atoms with van der Waals surface area (Å²) >= 11 is 0. The second-order valence-corrected chi connectivity index (χ2v) is 4.30. The van der Waals surface area contributed by atoms with E-state index in [1.807, 2.05) is 0 Å². The first-order chi connectivity index (χ1) is 8.06. The molecule has 4 unspecified atom stereocenters. The average Bonchev–Trinajstić information content (AvgIpc) is 2.74. The summed E-state index contributed by atoms with van der Waals surface area (Å²) in [5.74, 6) is -3.05. The molecule has 0 saturated heterocycles. The van der Waals surface area contributed by atoms with Crippen molar-refractivity contribution in [1.29, 1.82) is 0 Å². The third-order valence-corrected chi connectivity index (χ3v) is 3.52. The topological polar surface area (TPSA) is 93.1 Å². The van der Waals surface area contributed by atoms with Crippen molar-refractivity contribution in [2.75, 3.05) is 7.11 Å². The number of carboxylic acid groups (broad SMARTS) is 1. The van der Waals surface area contributed by atoms with Gasteiger partial charge >= 0.3 is 11.9 Å². The molecule has 0 aromatic rings. The molecule has 0 aromatic heterocycles. The summed E-state index contributed by atoms with van der Waals surface area (Å²) < 4.78 is 9.55. The Hall–Kier alpha value is -1.56. The van der Waals surface area contributed by atoms with Crippen LogP contribution >= 0.6 is 0 Å². The Morgan fingerprint density at radius 3 is 2.76 bits per heavy atom. The Labute approximate surface area is 97.8 Å². The fourth-order valence-corrected chi connectivity index (χ4v) is 2.71. The van der Waals surface area contributed by atoms with Crippen LogP contribution in [0, 0.1) is 17.8 Å². The highest BCUT2D eigenvalue weighted by atomic mass is 16.6. The first-order valence-corrected chi connectivity index (χ1v) is 5.41. The van der Waals surface area contributed by atoms with Crippen molar-refractivity contribution in [2.45, 2.75) is 19.1 Å². The van der Waals surface area contributed by atoms with E-state index < -0.39 is 30.1 Å². The summed E-state index contributed by atoms with van der Waals surface area (Å²) in [6.45, 7) is 0. The number of esters is 1. The minimum absolute atomic E-state index is 0.299. The van der Waals surface area contributed by atoms with E-state index in [1.54, 1.807) is 0 Å². The van der Waals surface area contributed by atoms with Crippen LogP contribution in [0.1, 0.15) is 12.8 Å². The molecule has 2 N–H and O–H groups in total. The molecule has 1 aliphatic heterocycles. The minimum atomic E-state index is -1.17. The number of hydrogen-bond donors (Lipinski definition) is 2. The van der Waals surface area contributed by atoms with Crippen LogP contribution in [0.3, 0.4) is 0 Å². The number of ether oxygens (including phenoxy) is 2. The molecule has 0 bridgehead atoms. The zero-order valence-electron chi connectivity index (χ0n) is 9.33. The maximum Gasteiger partial charge on any atom is 0.337 e. The first kappa shape index (κ1) is 11.9. The SMILES string of the molecule is COC(=O)C1=COC(O)C2C(C(=O)O)CCC12. The molecule has 1 fully saturated rings. The third-order valence-electron chi connectivity index (χ3n) is 3.52. The standard InChI is InChI=1S/C11H14O6/c1-16-10(14)7-4-17-11(15)8-5(7)2-3-6(8)9(12)13/h4-6,8,11,15H,2-3H2,1H3,(H,12,13). The zero-order chi connectivity index (χ0) is 12.6. The van der Waals surface area contributed by atoms with Crippen LogP contribution in [0.2, 0.25) is 0 Å². The number of aliphatic hydroxyl groups excluding tert-OH is 1. The molecule has 0 spiro atoms. The lowest BCUT2D eigenvalue weighted by atomic mass is 9.83. The number of aliphatic carboxylic acids is 1. The molecule has 1 saturated carbocycles. The van der Waals surface area contributed by atoms with Crippen LogP contribution in [-0.2, 0) is 19.1 Å². The van der Waals surface area contributed by atoms with E-state index in [0.29, 0.717) is 18.4 Å². The molecule has 0 aromatic carbocycles. The van der Waals surface area contributed by atoms with Gasteiger partial charge in [0.25, 0.3) is 0 Å². The molecule has 17 heavy (non-hydrogen) atoms. The van der Waals surface area contributed by atoms with Gasteiger partial charge in [0.1, 0.15) is 0 Å². The van der Waals surface area contributed by atoms with Gasteiger partial charge in [-0.05, 0) is 12.8 Å². The van der Waals surface area contributed by atoms with Crippen molar-refractivity contribution >= 4 is 11.9 Å². The van der Waals surface area contributed by atoms with Gasteiger partial charge in [-0.2, -0.15) is 0 Å². The highest BCUT2D eigenvalue weighted by Gasteiger charge is 2.50. The Bertz CT molecular complexity index is 374. The van der Waals surface area contributed by atoms with Gasteiger partial charge in [0.2, 0.25) is 6.29 Å². The number of hydrogen-bond acceptors (Lipinski definition) is 5. The molecule has 94 valence electrons. The lowest BCUT2D eigenvalue weighted by Gasteiger charge is -2.31. The summed E-state index contributed by atoms with van der Waals surface area (Å²) in [6.07, 6.45) is 0.988. The van der Waals surface area contributed by atoms with Crippen molar-refractivity contribution in [3.05, 3.63) is 11.8 Å². The van der Waals surface area contributed by atoms with Gasteiger partial charge in [-0.15, -0.1) is 0 Å². The number of fused-ring (bicyclic) bond motifs is 1. The summed E-state index contributed by atoms with van der Waals surface area (Å²) in [5.41, 5.74) is 0.312. The molecule has 2 aliphatic rings. The lowest BCUT2D eigenvalue weighted by Crippen LogP contribution is -2.38. The predicted octanol–water partition coefficient (Wildman–Crippen LogP) is 0.119. The molecule has 1 aliphatic carbocycles. The minimum Gasteiger partial charge on any atom is -0.481 e. The molecule has 6 nitrogen and oxygen atoms in total. The Balaban J connectivity index is 2.27. The molecular formula is C11H14O6. The van der Waals surface area contributed by atoms with E-state index in [1.165, 1.54) is 13.4 Å². The summed E-state index contributed by atoms with van der Waals surface area (Å²) in [4.78, 5) is 22.5. The van der Waals surface area contributed by atoms with Crippen molar-refractivity contribution in [3.8, 4) is 0 Å². The van der Waals surface area contributed by atoms with E-state index in [9.17, 15) is 14.7 Å². The summed E-state index contributed by atoms with van der Waals surface area (Å²) in [5, 5.41) is 18.7. The van der Waals surface area contributed by atoms with Crippen LogP contribution in [0.5, 0.6) is 0 Å². The number of aliphatic hydroxyl groups is 1. The number of carbonyl (C=O) groups is 2. The highest BCUT2D eigenvalue weighted by Crippen LogP contribution is 2.46. The number of carboxylic acids is 1. The largest absolute Gasteiger partial charge is 0.481 e. The molecule has 4 atom stereocenters. The second kappa shape index (κ2) is 4.37. The van der Waals surface area contributed by atoms with Crippen molar-refractivity contribution < 1.29 is 29.3 Å². The van der Waals surface area contributed by atoms with Crippen molar-refractivity contribution in [1.82, 2.24) is 0 Å². The van der Waals surface area contributed by atoms with Gasteiger partial charge in [0.05, 0.1) is 24.9 Å². The molecular weight excluding hydrogens is 228 g/mol. The van der Waals surface area contributed by atoms with Gasteiger partial charge in [0.15, 0.2) is 0 Å². The van der Waals surface area contributed by atoms with E-state index in [0.717, 1.165) is 0 Å². The van der Waals surface area contributed by atoms with E-state index in [-0.39, 0.29) is 5.92 Å². The van der Waals surface area contributed by atoms with Gasteiger partial charge in [-0.3, -0.25) is 4.79 Å². The molecule has 1 heterocycles. The number of carbonyl (C=O) groups excluding carboxylic acids is 1. The monoisotopic (exact) mass is 242 g/mol. The smallest absolute Gasteiger partial charge is 0.337 e. The number of rotatable bonds is 2. The molecule has 2 rings (SSSR count). The fourth-order valence-electron chi connectivity index (χ4n) is 2.71. The van der Waals surface area contributed by atoms with Gasteiger partial charge in [0, 0.05) is 11.8 Å². The summed E-state index contributed by atoms with van der Waals surface area (Å²) in [7, 11) is 1.26. The fraction of sp³-hybridized carbons (Fsp3) is 0.636.